The zero-order valence-corrected chi connectivity index (χ0v) is 13.6. The number of carbonyl (C=O) groups is 2. The second kappa shape index (κ2) is 4.92. The van der Waals surface area contributed by atoms with Crippen molar-refractivity contribution in [3.8, 4) is 0 Å². The van der Waals surface area contributed by atoms with Crippen molar-refractivity contribution in [2.45, 2.75) is 20.4 Å². The average molecular weight is 363 g/mol. The Balaban J connectivity index is 2.36. The van der Waals surface area contributed by atoms with Crippen LogP contribution in [0.4, 0.5) is 4.79 Å². The first-order chi connectivity index (χ1) is 9.08. The zero-order chi connectivity index (χ0) is 15.3. The molecule has 0 aliphatic carbocycles. The second-order valence-electron chi connectivity index (χ2n) is 4.64. The number of ketones is 1. The van der Waals surface area contributed by atoms with Gasteiger partial charge in [-0.3, -0.25) is 4.79 Å². The molecule has 0 aromatic carbocycles. The Bertz CT molecular complexity index is 493. The van der Waals surface area contributed by atoms with Crippen LogP contribution in [0.15, 0.2) is 12.2 Å². The summed E-state index contributed by atoms with van der Waals surface area (Å²) in [5.74, 6) is -0.781. The molecule has 1 saturated heterocycles. The molecule has 2 atom stereocenters. The van der Waals surface area contributed by atoms with Gasteiger partial charge in [-0.1, -0.05) is 52.5 Å². The molecule has 5 nitrogen and oxygen atoms in total. The Kier molecular flexibility index (Phi) is 3.98. The molecule has 112 valence electrons. The van der Waals surface area contributed by atoms with E-state index in [1.54, 1.807) is 0 Å². The van der Waals surface area contributed by atoms with Crippen LogP contribution in [-0.2, 0) is 14.3 Å². The maximum Gasteiger partial charge on any atom is 0.409 e. The normalized spacial score (nSPS) is 33.1. The van der Waals surface area contributed by atoms with Gasteiger partial charge in [0.1, 0.15) is 11.7 Å². The molecule has 2 heterocycles. The first-order valence-corrected chi connectivity index (χ1v) is 7.06. The van der Waals surface area contributed by atoms with Gasteiger partial charge in [-0.25, -0.2) is 4.79 Å². The van der Waals surface area contributed by atoms with Gasteiger partial charge in [0.15, 0.2) is 0 Å². The molecule has 1 unspecified atom stereocenters. The first kappa shape index (κ1) is 16.2. The lowest BCUT2D eigenvalue weighted by atomic mass is 9.92. The molecule has 0 aromatic heterocycles. The number of halogens is 4. The number of carbonyl (C=O) groups excluding carboxylic acids is 2. The highest BCUT2D eigenvalue weighted by Crippen LogP contribution is 2.54. The maximum atomic E-state index is 12.3. The number of ether oxygens (including phenoxy) is 2. The van der Waals surface area contributed by atoms with Crippen LogP contribution in [-0.4, -0.2) is 57.9 Å². The minimum atomic E-state index is -2.03. The second-order valence-corrected chi connectivity index (χ2v) is 7.35. The third kappa shape index (κ3) is 2.11. The highest BCUT2D eigenvalue weighted by atomic mass is 35.5. The van der Waals surface area contributed by atoms with Crippen LogP contribution in [0.2, 0.25) is 0 Å². The summed E-state index contributed by atoms with van der Waals surface area (Å²) >= 11 is 24.2. The quantitative estimate of drug-likeness (QED) is 0.558. The van der Waals surface area contributed by atoms with E-state index in [4.69, 9.17) is 51.1 Å². The summed E-state index contributed by atoms with van der Waals surface area (Å²) in [4.78, 5) is 24.9. The predicted octanol–water partition coefficient (Wildman–Crippen LogP) is 2.31. The Morgan fingerprint density at radius 2 is 2.05 bits per heavy atom. The number of fused-ring (bicyclic) bond motifs is 2. The van der Waals surface area contributed by atoms with E-state index in [1.807, 2.05) is 0 Å². The van der Waals surface area contributed by atoms with Crippen molar-refractivity contribution < 1.29 is 19.1 Å². The van der Waals surface area contributed by atoms with Crippen LogP contribution < -0.4 is 0 Å². The molecule has 2 rings (SSSR count). The van der Waals surface area contributed by atoms with Crippen molar-refractivity contribution in [3.63, 3.8) is 0 Å². The van der Waals surface area contributed by atoms with Gasteiger partial charge in [-0.15, -0.1) is 0 Å². The average Bonchev–Trinajstić information content (AvgIpc) is 2.80. The van der Waals surface area contributed by atoms with Gasteiger partial charge in [0.25, 0.3) is 0 Å². The number of rotatable bonds is 2. The third-order valence-electron chi connectivity index (χ3n) is 3.31. The van der Waals surface area contributed by atoms with E-state index in [0.29, 0.717) is 0 Å². The van der Waals surface area contributed by atoms with Gasteiger partial charge < -0.3 is 14.4 Å². The molecule has 2 bridgehead atoms. The molecule has 0 saturated carbocycles. The van der Waals surface area contributed by atoms with Gasteiger partial charge in [0.2, 0.25) is 14.4 Å². The topological polar surface area (TPSA) is 55.8 Å². The monoisotopic (exact) mass is 361 g/mol. The number of likely N-dealkylation sites (N-methyl/N-ethyl adjacent to an activating group) is 1. The maximum absolute atomic E-state index is 12.3. The summed E-state index contributed by atoms with van der Waals surface area (Å²) in [6, 6.07) is 0. The van der Waals surface area contributed by atoms with Crippen LogP contribution in [0.1, 0.15) is 0 Å². The lowest BCUT2D eigenvalue weighted by Gasteiger charge is -2.47. The largest absolute Gasteiger partial charge is 0.453 e. The van der Waals surface area contributed by atoms with Crippen molar-refractivity contribution in [2.24, 2.45) is 0 Å². The zero-order valence-electron chi connectivity index (χ0n) is 10.5. The molecule has 1 amide bonds. The summed E-state index contributed by atoms with van der Waals surface area (Å²) in [5, 5.41) is 0. The molecule has 2 aliphatic rings. The molecule has 0 spiro atoms. The highest BCUT2D eigenvalue weighted by Gasteiger charge is 2.69. The van der Waals surface area contributed by atoms with Crippen molar-refractivity contribution in [1.82, 2.24) is 4.90 Å². The van der Waals surface area contributed by atoms with Gasteiger partial charge in [0.05, 0.1) is 13.7 Å². The lowest BCUT2D eigenvalue weighted by molar-refractivity contribution is -0.142. The van der Waals surface area contributed by atoms with Crippen molar-refractivity contribution in [2.75, 3.05) is 20.7 Å². The molecule has 9 heteroatoms. The van der Waals surface area contributed by atoms with Crippen molar-refractivity contribution in [3.05, 3.63) is 12.2 Å². The van der Waals surface area contributed by atoms with E-state index in [9.17, 15) is 9.59 Å². The Morgan fingerprint density at radius 3 is 2.60 bits per heavy atom. The predicted molar refractivity (Wildman–Crippen MR) is 75.7 cm³/mol. The molecule has 0 radical (unpaired) electrons. The van der Waals surface area contributed by atoms with Crippen LogP contribution in [0, 0.1) is 0 Å². The molecule has 20 heavy (non-hydrogen) atoms. The fourth-order valence-corrected chi connectivity index (χ4v) is 3.56. The van der Waals surface area contributed by atoms with Gasteiger partial charge >= 0.3 is 6.09 Å². The smallest absolute Gasteiger partial charge is 0.409 e. The van der Waals surface area contributed by atoms with Crippen molar-refractivity contribution in [1.29, 1.82) is 0 Å². The lowest BCUT2D eigenvalue weighted by Crippen LogP contribution is -2.67. The molecule has 2 aliphatic heterocycles. The number of alkyl halides is 4. The number of methoxy groups -OCH3 is 1. The SMILES string of the molecule is COC(=O)N(C)CC12C=C[C@@H](O1)C(Cl)(Cl)C(=O)C2(Cl)Cl. The van der Waals surface area contributed by atoms with E-state index >= 15 is 0 Å². The standard InChI is InChI=1S/C11H11Cl4NO4/c1-16(8(18)19-2)5-9-4-3-6(20-9)10(12,13)7(17)11(9,14)15/h3-4,6H,5H2,1-2H3/t6-,9?/m1/s1. The third-order valence-corrected chi connectivity index (χ3v) is 5.07. The van der Waals surface area contributed by atoms with E-state index < -0.39 is 32.2 Å². The highest BCUT2D eigenvalue weighted by molar-refractivity contribution is 6.70. The number of Topliss-reactive ketones (excluding diaryl/α,β-unsaturated/α-hetero) is 1. The fourth-order valence-electron chi connectivity index (χ4n) is 2.21. The van der Waals surface area contributed by atoms with E-state index in [1.165, 1.54) is 31.2 Å². The van der Waals surface area contributed by atoms with Gasteiger partial charge in [-0.05, 0) is 6.08 Å². The summed E-state index contributed by atoms with van der Waals surface area (Å²) < 4.78 is 6.32. The van der Waals surface area contributed by atoms with E-state index in [2.05, 4.69) is 4.74 Å². The minimum absolute atomic E-state index is 0.0880. The van der Waals surface area contributed by atoms with Crippen molar-refractivity contribution >= 4 is 58.3 Å². The number of hydrogen-bond acceptors (Lipinski definition) is 4. The molecule has 0 aromatic rings. The summed E-state index contributed by atoms with van der Waals surface area (Å²) in [6.45, 7) is -0.0880. The Hall–Kier alpha value is -0.200. The summed E-state index contributed by atoms with van der Waals surface area (Å²) in [7, 11) is 2.69. The fraction of sp³-hybridized carbons (Fsp3) is 0.636. The van der Waals surface area contributed by atoms with Gasteiger partial charge in [-0.2, -0.15) is 0 Å². The summed E-state index contributed by atoms with van der Waals surface area (Å²) in [5.41, 5.74) is -1.42. The molecule has 1 fully saturated rings. The first-order valence-electron chi connectivity index (χ1n) is 5.55. The Labute approximate surface area is 135 Å². The molecular weight excluding hydrogens is 352 g/mol. The van der Waals surface area contributed by atoms with E-state index in [0.717, 1.165) is 0 Å². The summed E-state index contributed by atoms with van der Waals surface area (Å²) in [6.07, 6.45) is 1.51. The molecule has 0 N–H and O–H groups in total. The van der Waals surface area contributed by atoms with Gasteiger partial charge in [0, 0.05) is 7.05 Å². The molecular formula is C11H11Cl4NO4. The minimum Gasteiger partial charge on any atom is -0.453 e. The van der Waals surface area contributed by atoms with Crippen LogP contribution in [0.25, 0.3) is 0 Å². The number of hydrogen-bond donors (Lipinski definition) is 0. The van der Waals surface area contributed by atoms with E-state index in [-0.39, 0.29) is 6.54 Å². The van der Waals surface area contributed by atoms with Crippen LogP contribution in [0.5, 0.6) is 0 Å². The number of amides is 1. The Morgan fingerprint density at radius 1 is 1.45 bits per heavy atom. The number of nitrogens with zero attached hydrogens (tertiary/aromatic N) is 1. The van der Waals surface area contributed by atoms with Crippen LogP contribution >= 0.6 is 46.4 Å². The van der Waals surface area contributed by atoms with Crippen LogP contribution in [0.3, 0.4) is 0 Å².